The molecule has 0 aromatic carbocycles. The Hall–Kier alpha value is -1.34. The fraction of sp³-hybridized carbons (Fsp3) is 0.600. The standard InChI is InChI=1S/C10H15NO3/c1-3-6-13-7-5-9(8-11)10(12)14-4-2/h3,9H,1,4-7H2,2H3. The van der Waals surface area contributed by atoms with Crippen molar-refractivity contribution in [1.29, 1.82) is 5.26 Å². The van der Waals surface area contributed by atoms with Gasteiger partial charge in [0, 0.05) is 6.61 Å². The quantitative estimate of drug-likeness (QED) is 0.350. The first-order valence-electron chi connectivity index (χ1n) is 4.51. The number of carbonyl (C=O) groups excluding carboxylic acids is 1. The molecule has 0 bridgehead atoms. The maximum atomic E-state index is 11.1. The number of carbonyl (C=O) groups is 1. The van der Waals surface area contributed by atoms with E-state index in [1.165, 1.54) is 0 Å². The van der Waals surface area contributed by atoms with Crippen molar-refractivity contribution in [3.05, 3.63) is 12.7 Å². The number of nitrogens with zero attached hydrogens (tertiary/aromatic N) is 1. The highest BCUT2D eigenvalue weighted by Gasteiger charge is 2.18. The van der Waals surface area contributed by atoms with Crippen molar-refractivity contribution in [2.75, 3.05) is 19.8 Å². The molecule has 0 saturated heterocycles. The molecule has 0 N–H and O–H groups in total. The maximum absolute atomic E-state index is 11.1. The fourth-order valence-electron chi connectivity index (χ4n) is 0.846. The summed E-state index contributed by atoms with van der Waals surface area (Å²) in [6.45, 7) is 6.28. The Morgan fingerprint density at radius 2 is 2.43 bits per heavy atom. The van der Waals surface area contributed by atoms with Crippen LogP contribution in [-0.2, 0) is 14.3 Å². The van der Waals surface area contributed by atoms with Gasteiger partial charge in [-0.25, -0.2) is 0 Å². The molecule has 0 aliphatic heterocycles. The molecule has 4 nitrogen and oxygen atoms in total. The Balaban J connectivity index is 3.74. The summed E-state index contributed by atoms with van der Waals surface area (Å²) in [4.78, 5) is 11.1. The van der Waals surface area contributed by atoms with Crippen LogP contribution in [0.4, 0.5) is 0 Å². The molecule has 1 unspecified atom stereocenters. The monoisotopic (exact) mass is 197 g/mol. The minimum Gasteiger partial charge on any atom is -0.465 e. The Morgan fingerprint density at radius 1 is 1.71 bits per heavy atom. The predicted molar refractivity (Wildman–Crippen MR) is 51.4 cm³/mol. The summed E-state index contributed by atoms with van der Waals surface area (Å²) in [6, 6.07) is 1.88. The van der Waals surface area contributed by atoms with Crippen LogP contribution in [0.3, 0.4) is 0 Å². The smallest absolute Gasteiger partial charge is 0.323 e. The van der Waals surface area contributed by atoms with Crippen LogP contribution in [0, 0.1) is 17.2 Å². The molecular formula is C10H15NO3. The molecule has 0 amide bonds. The van der Waals surface area contributed by atoms with Crippen molar-refractivity contribution >= 4 is 5.97 Å². The molecule has 1 atom stereocenters. The largest absolute Gasteiger partial charge is 0.465 e. The lowest BCUT2D eigenvalue weighted by Gasteiger charge is -2.07. The summed E-state index contributed by atoms with van der Waals surface area (Å²) >= 11 is 0. The van der Waals surface area contributed by atoms with Crippen LogP contribution in [0.1, 0.15) is 13.3 Å². The summed E-state index contributed by atoms with van der Waals surface area (Å²) in [5, 5.41) is 8.65. The van der Waals surface area contributed by atoms with E-state index in [1.807, 2.05) is 6.07 Å². The SMILES string of the molecule is C=CCOCCC(C#N)C(=O)OCC. The van der Waals surface area contributed by atoms with E-state index < -0.39 is 11.9 Å². The second kappa shape index (κ2) is 8.27. The molecule has 0 spiro atoms. The van der Waals surface area contributed by atoms with Gasteiger partial charge in [-0.05, 0) is 13.3 Å². The first-order valence-corrected chi connectivity index (χ1v) is 4.51. The molecule has 0 aliphatic rings. The topological polar surface area (TPSA) is 59.3 Å². The normalized spacial score (nSPS) is 11.4. The summed E-state index contributed by atoms with van der Waals surface area (Å²) in [6.07, 6.45) is 1.98. The van der Waals surface area contributed by atoms with E-state index in [0.29, 0.717) is 26.2 Å². The molecule has 0 saturated carbocycles. The zero-order valence-electron chi connectivity index (χ0n) is 8.36. The molecule has 0 radical (unpaired) electrons. The lowest BCUT2D eigenvalue weighted by atomic mass is 10.1. The van der Waals surface area contributed by atoms with Crippen LogP contribution in [-0.4, -0.2) is 25.8 Å². The number of esters is 1. The maximum Gasteiger partial charge on any atom is 0.323 e. The number of hydrogen-bond donors (Lipinski definition) is 0. The fourth-order valence-corrected chi connectivity index (χ4v) is 0.846. The number of rotatable bonds is 7. The first-order chi connectivity index (χ1) is 6.76. The van der Waals surface area contributed by atoms with Gasteiger partial charge in [-0.15, -0.1) is 6.58 Å². The van der Waals surface area contributed by atoms with E-state index in [4.69, 9.17) is 14.7 Å². The summed E-state index contributed by atoms with van der Waals surface area (Å²) in [5.41, 5.74) is 0. The van der Waals surface area contributed by atoms with E-state index in [1.54, 1.807) is 13.0 Å². The molecule has 0 rings (SSSR count). The summed E-state index contributed by atoms with van der Waals surface area (Å²) in [5.74, 6) is -1.20. The summed E-state index contributed by atoms with van der Waals surface area (Å²) in [7, 11) is 0. The van der Waals surface area contributed by atoms with E-state index in [-0.39, 0.29) is 0 Å². The van der Waals surface area contributed by atoms with Gasteiger partial charge in [0.15, 0.2) is 0 Å². The van der Waals surface area contributed by atoms with Gasteiger partial charge in [0.05, 0.1) is 19.3 Å². The lowest BCUT2D eigenvalue weighted by Crippen LogP contribution is -2.18. The average molecular weight is 197 g/mol. The van der Waals surface area contributed by atoms with Gasteiger partial charge in [0.2, 0.25) is 0 Å². The van der Waals surface area contributed by atoms with E-state index >= 15 is 0 Å². The number of hydrogen-bond acceptors (Lipinski definition) is 4. The van der Waals surface area contributed by atoms with Crippen molar-refractivity contribution in [2.45, 2.75) is 13.3 Å². The van der Waals surface area contributed by atoms with Crippen molar-refractivity contribution in [1.82, 2.24) is 0 Å². The molecular weight excluding hydrogens is 182 g/mol. The molecule has 0 aromatic rings. The van der Waals surface area contributed by atoms with Crippen LogP contribution < -0.4 is 0 Å². The molecule has 0 fully saturated rings. The highest BCUT2D eigenvalue weighted by atomic mass is 16.5. The third-order valence-corrected chi connectivity index (χ3v) is 1.51. The van der Waals surface area contributed by atoms with Gasteiger partial charge < -0.3 is 9.47 Å². The molecule has 4 heteroatoms. The molecule has 0 aromatic heterocycles. The number of ether oxygens (including phenoxy) is 2. The minimum atomic E-state index is -0.722. The Labute approximate surface area is 84.1 Å². The molecule has 14 heavy (non-hydrogen) atoms. The van der Waals surface area contributed by atoms with Crippen LogP contribution in [0.15, 0.2) is 12.7 Å². The van der Waals surface area contributed by atoms with Gasteiger partial charge >= 0.3 is 5.97 Å². The predicted octanol–water partition coefficient (Wildman–Crippen LogP) is 1.28. The van der Waals surface area contributed by atoms with E-state index in [9.17, 15) is 4.79 Å². The van der Waals surface area contributed by atoms with Gasteiger partial charge in [0.25, 0.3) is 0 Å². The van der Waals surface area contributed by atoms with Crippen molar-refractivity contribution in [2.24, 2.45) is 5.92 Å². The highest BCUT2D eigenvalue weighted by molar-refractivity contribution is 5.75. The van der Waals surface area contributed by atoms with Gasteiger partial charge in [-0.2, -0.15) is 5.26 Å². The van der Waals surface area contributed by atoms with Crippen LogP contribution in [0.2, 0.25) is 0 Å². The van der Waals surface area contributed by atoms with Crippen LogP contribution >= 0.6 is 0 Å². The second-order valence-corrected chi connectivity index (χ2v) is 2.59. The van der Waals surface area contributed by atoms with Gasteiger partial charge in [0.1, 0.15) is 5.92 Å². The Kier molecular flexibility index (Phi) is 7.48. The van der Waals surface area contributed by atoms with Gasteiger partial charge in [-0.1, -0.05) is 6.08 Å². The van der Waals surface area contributed by atoms with Crippen molar-refractivity contribution in [3.8, 4) is 6.07 Å². The van der Waals surface area contributed by atoms with Crippen LogP contribution in [0.25, 0.3) is 0 Å². The zero-order chi connectivity index (χ0) is 10.8. The third-order valence-electron chi connectivity index (χ3n) is 1.51. The van der Waals surface area contributed by atoms with E-state index in [2.05, 4.69) is 6.58 Å². The lowest BCUT2D eigenvalue weighted by molar-refractivity contribution is -0.146. The second-order valence-electron chi connectivity index (χ2n) is 2.59. The number of nitriles is 1. The molecule has 0 aliphatic carbocycles. The molecule has 78 valence electrons. The average Bonchev–Trinajstić information content (AvgIpc) is 2.18. The minimum absolute atomic E-state index is 0.296. The Morgan fingerprint density at radius 3 is 2.93 bits per heavy atom. The first kappa shape index (κ1) is 12.7. The molecule has 0 heterocycles. The van der Waals surface area contributed by atoms with Crippen molar-refractivity contribution in [3.63, 3.8) is 0 Å². The van der Waals surface area contributed by atoms with Crippen molar-refractivity contribution < 1.29 is 14.3 Å². The third kappa shape index (κ3) is 5.33. The van der Waals surface area contributed by atoms with Crippen LogP contribution in [0.5, 0.6) is 0 Å². The van der Waals surface area contributed by atoms with Gasteiger partial charge in [-0.3, -0.25) is 4.79 Å². The zero-order valence-corrected chi connectivity index (χ0v) is 8.36. The van der Waals surface area contributed by atoms with E-state index in [0.717, 1.165) is 0 Å². The Bertz CT molecular complexity index is 220. The highest BCUT2D eigenvalue weighted by Crippen LogP contribution is 2.04. The summed E-state index contributed by atoms with van der Waals surface area (Å²) < 4.78 is 9.78.